The van der Waals surface area contributed by atoms with E-state index in [0.29, 0.717) is 16.3 Å². The molecule has 8 heteroatoms. The van der Waals surface area contributed by atoms with Crippen molar-refractivity contribution >= 4 is 24.4 Å². The molecule has 0 atom stereocenters. The molecule has 7 nitrogen and oxygen atoms in total. The molecule has 3 aromatic rings. The highest BCUT2D eigenvalue weighted by Gasteiger charge is 2.12. The molecule has 0 fully saturated rings. The lowest BCUT2D eigenvalue weighted by Gasteiger charge is -2.06. The third kappa shape index (κ3) is 3.48. The van der Waals surface area contributed by atoms with Gasteiger partial charge in [0.15, 0.2) is 5.82 Å². The number of carboxylic acid groups (broad SMARTS) is 1. The summed E-state index contributed by atoms with van der Waals surface area (Å²) in [5.41, 5.74) is 1.70. The SMILES string of the molecule is COc1ccccc1-c1n[nH]c(=S)n1/N=C\c1ccc(C(=O)O)cc1. The van der Waals surface area contributed by atoms with Gasteiger partial charge in [-0.3, -0.25) is 0 Å². The Morgan fingerprint density at radius 1 is 1.28 bits per heavy atom. The number of hydrogen-bond acceptors (Lipinski definition) is 5. The zero-order chi connectivity index (χ0) is 17.8. The number of nitrogens with one attached hydrogen (secondary N) is 1. The van der Waals surface area contributed by atoms with Crippen LogP contribution in [0.15, 0.2) is 53.6 Å². The molecule has 0 aliphatic heterocycles. The molecule has 0 amide bonds. The predicted molar refractivity (Wildman–Crippen MR) is 95.8 cm³/mol. The minimum Gasteiger partial charge on any atom is -0.496 e. The average Bonchev–Trinajstić information content (AvgIpc) is 3.00. The fraction of sp³-hybridized carbons (Fsp3) is 0.0588. The summed E-state index contributed by atoms with van der Waals surface area (Å²) >= 11 is 5.24. The summed E-state index contributed by atoms with van der Waals surface area (Å²) in [5.74, 6) is 0.193. The standard InChI is InChI=1S/C17H14N4O3S/c1-24-14-5-3-2-4-13(14)15-19-20-17(25)21(15)18-10-11-6-8-12(9-7-11)16(22)23/h2-10H,1H3,(H,20,25)(H,22,23)/b18-10-. The van der Waals surface area contributed by atoms with Crippen molar-refractivity contribution in [1.29, 1.82) is 0 Å². The Labute approximate surface area is 148 Å². The number of aromatic carboxylic acids is 1. The van der Waals surface area contributed by atoms with Gasteiger partial charge in [0.25, 0.3) is 0 Å². The Balaban J connectivity index is 1.97. The van der Waals surface area contributed by atoms with Gasteiger partial charge in [-0.25, -0.2) is 9.89 Å². The number of carboxylic acids is 1. The predicted octanol–water partition coefficient (Wildman–Crippen LogP) is 3.20. The van der Waals surface area contributed by atoms with Gasteiger partial charge >= 0.3 is 5.97 Å². The molecule has 0 saturated carbocycles. The number of aromatic nitrogens is 3. The van der Waals surface area contributed by atoms with Crippen molar-refractivity contribution in [1.82, 2.24) is 14.9 Å². The number of rotatable bonds is 5. The maximum Gasteiger partial charge on any atom is 0.335 e. The Morgan fingerprint density at radius 3 is 2.68 bits per heavy atom. The van der Waals surface area contributed by atoms with Gasteiger partial charge in [-0.15, -0.1) is 0 Å². The molecule has 0 bridgehead atoms. The third-order valence-corrected chi connectivity index (χ3v) is 3.74. The molecule has 0 saturated heterocycles. The number of H-pyrrole nitrogens is 1. The fourth-order valence-corrected chi connectivity index (χ4v) is 2.42. The summed E-state index contributed by atoms with van der Waals surface area (Å²) in [6, 6.07) is 13.8. The third-order valence-electron chi connectivity index (χ3n) is 3.48. The first-order chi connectivity index (χ1) is 12.1. The molecular weight excluding hydrogens is 340 g/mol. The lowest BCUT2D eigenvalue weighted by Crippen LogP contribution is -1.98. The summed E-state index contributed by atoms with van der Waals surface area (Å²) in [4.78, 5) is 10.9. The molecule has 0 unspecified atom stereocenters. The van der Waals surface area contributed by atoms with Crippen LogP contribution in [0.2, 0.25) is 0 Å². The van der Waals surface area contributed by atoms with Gasteiger partial charge in [-0.05, 0) is 42.0 Å². The number of benzene rings is 2. The first kappa shape index (κ1) is 16.6. The number of ether oxygens (including phenoxy) is 1. The zero-order valence-corrected chi connectivity index (χ0v) is 14.0. The lowest BCUT2D eigenvalue weighted by molar-refractivity contribution is 0.0697. The van der Waals surface area contributed by atoms with Crippen LogP contribution in [0.4, 0.5) is 0 Å². The maximum atomic E-state index is 10.9. The Kier molecular flexibility index (Phi) is 4.71. The Bertz CT molecular complexity index is 990. The minimum absolute atomic E-state index is 0.215. The van der Waals surface area contributed by atoms with Crippen LogP contribution >= 0.6 is 12.2 Å². The van der Waals surface area contributed by atoms with Crippen molar-refractivity contribution in [2.75, 3.05) is 7.11 Å². The molecule has 0 spiro atoms. The summed E-state index contributed by atoms with van der Waals surface area (Å²) in [7, 11) is 1.58. The van der Waals surface area contributed by atoms with Gasteiger partial charge in [0.05, 0.1) is 24.5 Å². The number of hydrogen-bond donors (Lipinski definition) is 2. The molecule has 0 aliphatic carbocycles. The highest BCUT2D eigenvalue weighted by molar-refractivity contribution is 7.71. The number of methoxy groups -OCH3 is 1. The van der Waals surface area contributed by atoms with Crippen LogP contribution in [0.25, 0.3) is 11.4 Å². The molecule has 0 aliphatic rings. The second-order valence-electron chi connectivity index (χ2n) is 5.04. The van der Waals surface area contributed by atoms with Crippen molar-refractivity contribution in [3.63, 3.8) is 0 Å². The highest BCUT2D eigenvalue weighted by atomic mass is 32.1. The first-order valence-corrected chi connectivity index (χ1v) is 7.69. The largest absolute Gasteiger partial charge is 0.496 e. The van der Waals surface area contributed by atoms with Gasteiger partial charge in [0, 0.05) is 0 Å². The number of para-hydroxylation sites is 1. The van der Waals surface area contributed by atoms with E-state index >= 15 is 0 Å². The Morgan fingerprint density at radius 2 is 2.00 bits per heavy atom. The van der Waals surface area contributed by atoms with E-state index < -0.39 is 5.97 Å². The summed E-state index contributed by atoms with van der Waals surface area (Å²) in [6.45, 7) is 0. The first-order valence-electron chi connectivity index (χ1n) is 7.28. The zero-order valence-electron chi connectivity index (χ0n) is 13.2. The van der Waals surface area contributed by atoms with Crippen LogP contribution in [-0.4, -0.2) is 39.3 Å². The molecule has 3 rings (SSSR count). The smallest absolute Gasteiger partial charge is 0.335 e. The van der Waals surface area contributed by atoms with Crippen LogP contribution in [0.1, 0.15) is 15.9 Å². The van der Waals surface area contributed by atoms with Crippen molar-refractivity contribution < 1.29 is 14.6 Å². The minimum atomic E-state index is -0.973. The van der Waals surface area contributed by atoms with E-state index in [2.05, 4.69) is 15.3 Å². The topological polar surface area (TPSA) is 92.5 Å². The van der Waals surface area contributed by atoms with Gasteiger partial charge < -0.3 is 9.84 Å². The second kappa shape index (κ2) is 7.10. The van der Waals surface area contributed by atoms with Crippen molar-refractivity contribution in [2.45, 2.75) is 0 Å². The van der Waals surface area contributed by atoms with Crippen molar-refractivity contribution in [2.24, 2.45) is 5.10 Å². The quantitative estimate of drug-likeness (QED) is 0.542. The molecule has 1 heterocycles. The normalized spacial score (nSPS) is 10.9. The van der Waals surface area contributed by atoms with Gasteiger partial charge in [-0.2, -0.15) is 14.9 Å². The molecule has 1 aromatic heterocycles. The lowest BCUT2D eigenvalue weighted by atomic mass is 10.1. The number of nitrogens with zero attached hydrogens (tertiary/aromatic N) is 3. The van der Waals surface area contributed by atoms with E-state index in [1.54, 1.807) is 25.5 Å². The van der Waals surface area contributed by atoms with Crippen LogP contribution in [-0.2, 0) is 0 Å². The van der Waals surface area contributed by atoms with Crippen molar-refractivity contribution in [3.8, 4) is 17.1 Å². The average molecular weight is 354 g/mol. The summed E-state index contributed by atoms with van der Waals surface area (Å²) in [6.07, 6.45) is 1.58. The van der Waals surface area contributed by atoms with E-state index in [-0.39, 0.29) is 5.56 Å². The van der Waals surface area contributed by atoms with Crippen molar-refractivity contribution in [3.05, 3.63) is 64.4 Å². The van der Waals surface area contributed by atoms with E-state index in [9.17, 15) is 4.79 Å². The monoisotopic (exact) mass is 354 g/mol. The van der Waals surface area contributed by atoms with Crippen LogP contribution < -0.4 is 4.74 Å². The van der Waals surface area contributed by atoms with E-state index in [0.717, 1.165) is 11.1 Å². The summed E-state index contributed by atoms with van der Waals surface area (Å²) < 4.78 is 7.17. The van der Waals surface area contributed by atoms with Crippen LogP contribution in [0.5, 0.6) is 5.75 Å². The molecule has 0 radical (unpaired) electrons. The highest BCUT2D eigenvalue weighted by Crippen LogP contribution is 2.27. The van der Waals surface area contributed by atoms with E-state index in [4.69, 9.17) is 22.1 Å². The molecule has 2 N–H and O–H groups in total. The fourth-order valence-electron chi connectivity index (χ4n) is 2.24. The molecule has 2 aromatic carbocycles. The number of carbonyl (C=O) groups is 1. The summed E-state index contributed by atoms with van der Waals surface area (Å²) in [5, 5.41) is 20.2. The molecule has 25 heavy (non-hydrogen) atoms. The van der Waals surface area contributed by atoms with E-state index in [1.807, 2.05) is 24.3 Å². The van der Waals surface area contributed by atoms with Gasteiger partial charge in [0.1, 0.15) is 5.75 Å². The van der Waals surface area contributed by atoms with Gasteiger partial charge in [0.2, 0.25) is 4.77 Å². The number of aromatic amines is 1. The van der Waals surface area contributed by atoms with Crippen LogP contribution in [0.3, 0.4) is 0 Å². The maximum absolute atomic E-state index is 10.9. The molecular formula is C17H14N4O3S. The van der Waals surface area contributed by atoms with E-state index in [1.165, 1.54) is 16.8 Å². The van der Waals surface area contributed by atoms with Crippen LogP contribution in [0, 0.1) is 4.77 Å². The Hall–Kier alpha value is -3.26. The second-order valence-corrected chi connectivity index (χ2v) is 5.42. The van der Waals surface area contributed by atoms with Gasteiger partial charge in [-0.1, -0.05) is 24.3 Å². The molecule has 126 valence electrons.